The number of halogens is 2. The predicted molar refractivity (Wildman–Crippen MR) is 111 cm³/mol. The molecule has 0 radical (unpaired) electrons. The lowest BCUT2D eigenvalue weighted by atomic mass is 10.1. The van der Waals surface area contributed by atoms with Crippen LogP contribution in [0.4, 0.5) is 4.39 Å². The van der Waals surface area contributed by atoms with Crippen molar-refractivity contribution in [2.75, 3.05) is 5.75 Å². The number of hydrogen-bond acceptors (Lipinski definition) is 3. The third-order valence-electron chi connectivity index (χ3n) is 3.74. The highest BCUT2D eigenvalue weighted by Crippen LogP contribution is 2.30. The second-order valence-electron chi connectivity index (χ2n) is 6.26. The summed E-state index contributed by atoms with van der Waals surface area (Å²) in [5.74, 6) is -0.0840. The molecule has 0 saturated carbocycles. The van der Waals surface area contributed by atoms with Gasteiger partial charge >= 0.3 is 0 Å². The lowest BCUT2D eigenvalue weighted by Crippen LogP contribution is -2.31. The van der Waals surface area contributed by atoms with Crippen LogP contribution < -0.4 is 5.32 Å². The summed E-state index contributed by atoms with van der Waals surface area (Å²) in [5.41, 5.74) is 2.65. The molecule has 1 aromatic heterocycles. The van der Waals surface area contributed by atoms with E-state index in [0.717, 1.165) is 21.4 Å². The first-order valence-corrected chi connectivity index (χ1v) is 10.2. The number of amides is 1. The molecule has 2 aromatic carbocycles. The van der Waals surface area contributed by atoms with Crippen LogP contribution in [-0.4, -0.2) is 27.3 Å². The highest BCUT2D eigenvalue weighted by atomic mass is 79.9. The maximum absolute atomic E-state index is 13.4. The third-order valence-corrected chi connectivity index (χ3v) is 5.22. The molecular formula is C20H19BrFN3OS. The van der Waals surface area contributed by atoms with Crippen LogP contribution in [0.15, 0.2) is 64.4 Å². The highest BCUT2D eigenvalue weighted by Gasteiger charge is 2.16. The van der Waals surface area contributed by atoms with Gasteiger partial charge in [0.15, 0.2) is 5.16 Å². The third kappa shape index (κ3) is 4.99. The van der Waals surface area contributed by atoms with Gasteiger partial charge in [0.05, 0.1) is 17.6 Å². The zero-order valence-electron chi connectivity index (χ0n) is 14.9. The molecule has 7 heteroatoms. The largest absolute Gasteiger partial charge is 0.353 e. The quantitative estimate of drug-likeness (QED) is 0.537. The van der Waals surface area contributed by atoms with Gasteiger partial charge < -0.3 is 5.32 Å². The van der Waals surface area contributed by atoms with E-state index in [1.807, 2.05) is 42.7 Å². The molecule has 0 aliphatic rings. The van der Waals surface area contributed by atoms with Gasteiger partial charge in [-0.05, 0) is 50.2 Å². The Kier molecular flexibility index (Phi) is 6.34. The van der Waals surface area contributed by atoms with E-state index in [1.54, 1.807) is 18.3 Å². The standard InChI is InChI=1S/C20H19BrFN3OS/c1-13(2)24-19(26)12-27-20-23-11-18(14-3-5-15(21)6-4-14)25(20)17-9-7-16(22)8-10-17/h3-11,13H,12H2,1-2H3,(H,24,26). The van der Waals surface area contributed by atoms with Crippen LogP contribution in [0, 0.1) is 5.82 Å². The SMILES string of the molecule is CC(C)NC(=O)CSc1ncc(-c2ccc(Br)cc2)n1-c1ccc(F)cc1. The minimum atomic E-state index is -0.297. The van der Waals surface area contributed by atoms with Crippen LogP contribution in [0.3, 0.4) is 0 Å². The number of hydrogen-bond donors (Lipinski definition) is 1. The van der Waals surface area contributed by atoms with Crippen molar-refractivity contribution in [3.8, 4) is 16.9 Å². The first-order chi connectivity index (χ1) is 12.9. The Bertz CT molecular complexity index is 923. The molecule has 1 amide bonds. The zero-order valence-corrected chi connectivity index (χ0v) is 17.3. The fraction of sp³-hybridized carbons (Fsp3) is 0.200. The predicted octanol–water partition coefficient (Wildman–Crippen LogP) is 5.06. The molecule has 3 aromatic rings. The van der Waals surface area contributed by atoms with Crippen molar-refractivity contribution in [3.63, 3.8) is 0 Å². The summed E-state index contributed by atoms with van der Waals surface area (Å²) < 4.78 is 16.3. The molecule has 4 nitrogen and oxygen atoms in total. The molecule has 27 heavy (non-hydrogen) atoms. The Morgan fingerprint density at radius 3 is 2.48 bits per heavy atom. The van der Waals surface area contributed by atoms with E-state index in [2.05, 4.69) is 26.2 Å². The number of nitrogens with zero attached hydrogens (tertiary/aromatic N) is 2. The van der Waals surface area contributed by atoms with Crippen molar-refractivity contribution in [1.82, 2.24) is 14.9 Å². The van der Waals surface area contributed by atoms with Gasteiger partial charge in [0.2, 0.25) is 5.91 Å². The molecule has 0 unspecified atom stereocenters. The topological polar surface area (TPSA) is 46.9 Å². The van der Waals surface area contributed by atoms with Crippen molar-refractivity contribution < 1.29 is 9.18 Å². The highest BCUT2D eigenvalue weighted by molar-refractivity contribution is 9.10. The Morgan fingerprint density at radius 2 is 1.85 bits per heavy atom. The first kappa shape index (κ1) is 19.6. The minimum Gasteiger partial charge on any atom is -0.353 e. The van der Waals surface area contributed by atoms with Crippen LogP contribution in [0.25, 0.3) is 16.9 Å². The van der Waals surface area contributed by atoms with Crippen molar-refractivity contribution in [2.45, 2.75) is 25.0 Å². The summed E-state index contributed by atoms with van der Waals surface area (Å²) in [6.45, 7) is 3.85. The van der Waals surface area contributed by atoms with E-state index < -0.39 is 0 Å². The number of carbonyl (C=O) groups is 1. The summed E-state index contributed by atoms with van der Waals surface area (Å²) in [6.07, 6.45) is 1.77. The molecule has 3 rings (SSSR count). The van der Waals surface area contributed by atoms with Crippen molar-refractivity contribution >= 4 is 33.6 Å². The molecule has 0 spiro atoms. The number of aromatic nitrogens is 2. The minimum absolute atomic E-state index is 0.0474. The fourth-order valence-corrected chi connectivity index (χ4v) is 3.66. The molecule has 0 saturated heterocycles. The average Bonchev–Trinajstić information content (AvgIpc) is 3.04. The molecule has 140 valence electrons. The van der Waals surface area contributed by atoms with E-state index in [4.69, 9.17) is 0 Å². The van der Waals surface area contributed by atoms with E-state index in [-0.39, 0.29) is 23.5 Å². The Morgan fingerprint density at radius 1 is 1.19 bits per heavy atom. The van der Waals surface area contributed by atoms with Crippen LogP contribution in [0.2, 0.25) is 0 Å². The maximum atomic E-state index is 13.4. The number of nitrogens with one attached hydrogen (secondary N) is 1. The van der Waals surface area contributed by atoms with Gasteiger partial charge in [-0.1, -0.05) is 39.8 Å². The smallest absolute Gasteiger partial charge is 0.230 e. The van der Waals surface area contributed by atoms with E-state index in [1.165, 1.54) is 23.9 Å². The summed E-state index contributed by atoms with van der Waals surface area (Å²) in [7, 11) is 0. The van der Waals surface area contributed by atoms with Crippen LogP contribution in [0.1, 0.15) is 13.8 Å². The second kappa shape index (κ2) is 8.71. The van der Waals surface area contributed by atoms with Crippen LogP contribution >= 0.6 is 27.7 Å². The lowest BCUT2D eigenvalue weighted by molar-refractivity contribution is -0.119. The summed E-state index contributed by atoms with van der Waals surface area (Å²) >= 11 is 4.79. The van der Waals surface area contributed by atoms with Gasteiger partial charge in [0.25, 0.3) is 0 Å². The normalized spacial score (nSPS) is 11.0. The van der Waals surface area contributed by atoms with Crippen LogP contribution in [-0.2, 0) is 4.79 Å². The van der Waals surface area contributed by atoms with E-state index in [0.29, 0.717) is 5.16 Å². The Labute approximate surface area is 170 Å². The molecule has 0 bridgehead atoms. The first-order valence-electron chi connectivity index (χ1n) is 8.46. The number of imidazole rings is 1. The van der Waals surface area contributed by atoms with Gasteiger partial charge in [0.1, 0.15) is 5.82 Å². The van der Waals surface area contributed by atoms with E-state index in [9.17, 15) is 9.18 Å². The van der Waals surface area contributed by atoms with Crippen molar-refractivity contribution in [2.24, 2.45) is 0 Å². The van der Waals surface area contributed by atoms with Crippen molar-refractivity contribution in [3.05, 3.63) is 65.0 Å². The van der Waals surface area contributed by atoms with Gasteiger partial charge in [-0.3, -0.25) is 9.36 Å². The number of thioether (sulfide) groups is 1. The van der Waals surface area contributed by atoms with Gasteiger partial charge in [-0.15, -0.1) is 0 Å². The molecule has 0 aliphatic carbocycles. The van der Waals surface area contributed by atoms with E-state index >= 15 is 0 Å². The molecular weight excluding hydrogens is 429 g/mol. The molecule has 1 heterocycles. The zero-order chi connectivity index (χ0) is 19.4. The monoisotopic (exact) mass is 447 g/mol. The maximum Gasteiger partial charge on any atom is 0.230 e. The average molecular weight is 448 g/mol. The summed E-state index contributed by atoms with van der Waals surface area (Å²) in [4.78, 5) is 16.5. The summed E-state index contributed by atoms with van der Waals surface area (Å²) in [5, 5.41) is 3.55. The van der Waals surface area contributed by atoms with Crippen LogP contribution in [0.5, 0.6) is 0 Å². The molecule has 0 atom stereocenters. The number of carbonyl (C=O) groups excluding carboxylic acids is 1. The van der Waals surface area contributed by atoms with Gasteiger partial charge in [-0.25, -0.2) is 9.37 Å². The van der Waals surface area contributed by atoms with Gasteiger partial charge in [-0.2, -0.15) is 0 Å². The number of rotatable bonds is 6. The lowest BCUT2D eigenvalue weighted by Gasteiger charge is -2.13. The molecule has 0 fully saturated rings. The molecule has 1 N–H and O–H groups in total. The summed E-state index contributed by atoms with van der Waals surface area (Å²) in [6, 6.07) is 14.2. The Hall–Kier alpha value is -2.12. The second-order valence-corrected chi connectivity index (χ2v) is 8.11. The Balaban J connectivity index is 1.97. The molecule has 0 aliphatic heterocycles. The van der Waals surface area contributed by atoms with Crippen molar-refractivity contribution in [1.29, 1.82) is 0 Å². The van der Waals surface area contributed by atoms with Gasteiger partial charge in [0, 0.05) is 21.8 Å². The fourth-order valence-electron chi connectivity index (χ4n) is 2.59. The number of benzene rings is 2.